The van der Waals surface area contributed by atoms with Gasteiger partial charge in [-0.05, 0) is 0 Å². The molecule has 0 spiro atoms. The predicted molar refractivity (Wildman–Crippen MR) is 50.0 cm³/mol. The van der Waals surface area contributed by atoms with E-state index in [0.717, 1.165) is 0 Å². The summed E-state index contributed by atoms with van der Waals surface area (Å²) >= 11 is -0.835. The summed E-state index contributed by atoms with van der Waals surface area (Å²) in [6.07, 6.45) is 3.23. The van der Waals surface area contributed by atoms with Crippen LogP contribution in [0.15, 0.2) is 0 Å². The predicted octanol–water partition coefficient (Wildman–Crippen LogP) is -2.72. The van der Waals surface area contributed by atoms with Crippen LogP contribution >= 0.6 is 0 Å². The summed E-state index contributed by atoms with van der Waals surface area (Å²) in [5, 5.41) is 0. The second kappa shape index (κ2) is 6.81. The Morgan fingerprint density at radius 3 is 2.44 bits per heavy atom. The maximum absolute atomic E-state index is 10.4. The molecule has 0 fully saturated rings. The minimum absolute atomic E-state index is 0.835. The Labute approximate surface area is 62.5 Å². The molecule has 1 atom stereocenters. The third-order valence-electron chi connectivity index (χ3n) is 0.629. The van der Waals surface area contributed by atoms with E-state index >= 15 is 0 Å². The van der Waals surface area contributed by atoms with Crippen LogP contribution in [0.2, 0.25) is 0 Å². The molecule has 0 saturated heterocycles. The van der Waals surface area contributed by atoms with E-state index in [0.29, 0.717) is 0 Å². The van der Waals surface area contributed by atoms with E-state index in [9.17, 15) is 4.55 Å². The van der Waals surface area contributed by atoms with Crippen LogP contribution in [-0.2, 0) is 11.0 Å². The van der Waals surface area contributed by atoms with Crippen LogP contribution in [0.1, 0.15) is 0 Å². The van der Waals surface area contributed by atoms with Gasteiger partial charge in [0.05, 0.1) is 0 Å². The first-order valence-electron chi connectivity index (χ1n) is 2.55. The van der Waals surface area contributed by atoms with Crippen LogP contribution < -0.4 is 0 Å². The molecule has 0 aromatic carbocycles. The van der Waals surface area contributed by atoms with Gasteiger partial charge in [0, 0.05) is 0 Å². The van der Waals surface area contributed by atoms with Gasteiger partial charge in [0.2, 0.25) is 0 Å². The zero-order chi connectivity index (χ0) is 7.11. The molecule has 0 aliphatic rings. The summed E-state index contributed by atoms with van der Waals surface area (Å²) in [4.78, 5) is 0. The molecule has 0 aromatic heterocycles. The van der Waals surface area contributed by atoms with Gasteiger partial charge in [0.25, 0.3) is 0 Å². The van der Waals surface area contributed by atoms with Gasteiger partial charge in [0.1, 0.15) is 0 Å². The summed E-state index contributed by atoms with van der Waals surface area (Å²) in [6, 6.07) is 0. The van der Waals surface area contributed by atoms with E-state index in [1.807, 2.05) is 0 Å². The first kappa shape index (κ1) is 9.70. The molecule has 0 bridgehead atoms. The van der Waals surface area contributed by atoms with Crippen LogP contribution in [-0.4, -0.2) is 51.0 Å². The van der Waals surface area contributed by atoms with Crippen molar-refractivity contribution in [3.05, 3.63) is 0 Å². The van der Waals surface area contributed by atoms with Crippen LogP contribution in [0, 0.1) is 0 Å². The molecule has 9 heavy (non-hydrogen) atoms. The summed E-state index contributed by atoms with van der Waals surface area (Å²) in [6.45, 7) is 6.97. The second-order valence-electron chi connectivity index (χ2n) is 1.45. The molecule has 1 unspecified atom stereocenters. The van der Waals surface area contributed by atoms with Crippen LogP contribution in [0.3, 0.4) is 0 Å². The summed E-state index contributed by atoms with van der Waals surface area (Å²) in [7, 11) is 3.48. The number of rotatable bonds is 3. The fraction of sp³-hybridized carbons (Fsp3) is 1.00. The Morgan fingerprint density at radius 2 is 2.00 bits per heavy atom. The van der Waals surface area contributed by atoms with Gasteiger partial charge < -0.3 is 0 Å². The SMILES string of the molecule is B=BB=BB=B[S+](C)[O-]. The molecule has 1 nitrogen and oxygen atoms in total. The fourth-order valence-corrected chi connectivity index (χ4v) is 0.611. The fourth-order valence-electron chi connectivity index (χ4n) is 0.299. The van der Waals surface area contributed by atoms with E-state index in [1.54, 1.807) is 39.1 Å². The molecular formula is CH4B6OS. The molecular weight excluding hydrogens is 125 g/mol. The molecule has 0 aromatic rings. The molecule has 38 valence electrons. The van der Waals surface area contributed by atoms with Crippen molar-refractivity contribution in [2.45, 2.75) is 0 Å². The molecule has 8 heteroatoms. The van der Waals surface area contributed by atoms with Crippen molar-refractivity contribution in [1.82, 2.24) is 0 Å². The van der Waals surface area contributed by atoms with Crippen molar-refractivity contribution in [2.24, 2.45) is 0 Å². The van der Waals surface area contributed by atoms with Gasteiger partial charge in [-0.25, -0.2) is 0 Å². The van der Waals surface area contributed by atoms with Gasteiger partial charge in [0.15, 0.2) is 0 Å². The van der Waals surface area contributed by atoms with Gasteiger partial charge in [-0.1, -0.05) is 0 Å². The van der Waals surface area contributed by atoms with Crippen molar-refractivity contribution in [3.63, 3.8) is 0 Å². The van der Waals surface area contributed by atoms with E-state index in [-0.39, 0.29) is 0 Å². The van der Waals surface area contributed by atoms with Crippen molar-refractivity contribution in [1.29, 1.82) is 0 Å². The van der Waals surface area contributed by atoms with Crippen LogP contribution in [0.5, 0.6) is 0 Å². The Morgan fingerprint density at radius 1 is 1.33 bits per heavy atom. The van der Waals surface area contributed by atoms with E-state index in [4.69, 9.17) is 0 Å². The van der Waals surface area contributed by atoms with Crippen molar-refractivity contribution in [2.75, 3.05) is 6.26 Å². The third-order valence-corrected chi connectivity index (χ3v) is 1.17. The Balaban J connectivity index is 3.46. The standard InChI is InChI=1S/CH4B6OS/c1-9(8)7-6-5-4-3-2/h2H,1H3. The maximum atomic E-state index is 10.4. The van der Waals surface area contributed by atoms with Crippen LogP contribution in [0.25, 0.3) is 0 Å². The summed E-state index contributed by atoms with van der Waals surface area (Å²) in [5.74, 6) is 0. The normalized spacial score (nSPS) is 10.8. The average Bonchev–Trinajstić information content (AvgIpc) is 1.80. The van der Waals surface area contributed by atoms with Gasteiger partial charge in [-0.15, -0.1) is 0 Å². The minimum atomic E-state index is -0.835. The molecule has 0 saturated carbocycles. The van der Waals surface area contributed by atoms with Crippen molar-refractivity contribution < 1.29 is 4.55 Å². The van der Waals surface area contributed by atoms with E-state index in [2.05, 4.69) is 7.37 Å². The van der Waals surface area contributed by atoms with Crippen LogP contribution in [0.4, 0.5) is 0 Å². The monoisotopic (exact) mass is 130 g/mol. The Bertz CT molecular complexity index is 129. The van der Waals surface area contributed by atoms with E-state index in [1.165, 1.54) is 0 Å². The van der Waals surface area contributed by atoms with Gasteiger partial charge >= 0.3 is 62.1 Å². The van der Waals surface area contributed by atoms with Crippen molar-refractivity contribution in [3.8, 4) is 0 Å². The molecule has 0 radical (unpaired) electrons. The molecule has 0 heterocycles. The number of hydrogen-bond donors (Lipinski definition) is 0. The molecule has 0 amide bonds. The van der Waals surface area contributed by atoms with Gasteiger partial charge in [-0.3, -0.25) is 0 Å². The zero-order valence-electron chi connectivity index (χ0n) is 5.41. The molecule has 0 aliphatic heterocycles. The second-order valence-corrected chi connectivity index (χ2v) is 2.72. The molecule has 0 aliphatic carbocycles. The third kappa shape index (κ3) is 8.70. The molecule has 0 rings (SSSR count). The van der Waals surface area contributed by atoms with E-state index < -0.39 is 11.0 Å². The topological polar surface area (TPSA) is 23.1 Å². The first-order valence-corrected chi connectivity index (χ1v) is 4.17. The Kier molecular flexibility index (Phi) is 7.34. The zero-order valence-corrected chi connectivity index (χ0v) is 6.23. The summed E-state index contributed by atoms with van der Waals surface area (Å²) < 4.78 is 10.4. The quantitative estimate of drug-likeness (QED) is 0.300. The summed E-state index contributed by atoms with van der Waals surface area (Å²) in [5.41, 5.74) is 0. The van der Waals surface area contributed by atoms with Gasteiger partial charge in [-0.2, -0.15) is 0 Å². The Hall–Kier alpha value is 0.700. The first-order chi connectivity index (χ1) is 4.27. The van der Waals surface area contributed by atoms with Crippen molar-refractivity contribution >= 4 is 51.2 Å². The average molecular weight is 129 g/mol. The molecule has 0 N–H and O–H groups in total. The number of hydrogen-bond acceptors (Lipinski definition) is 1.